The van der Waals surface area contributed by atoms with Gasteiger partial charge in [0, 0.05) is 6.26 Å². The van der Waals surface area contributed by atoms with E-state index < -0.39 is 19.7 Å². The van der Waals surface area contributed by atoms with Crippen molar-refractivity contribution in [1.82, 2.24) is 0 Å². The van der Waals surface area contributed by atoms with E-state index in [2.05, 4.69) is 61.6 Å². The maximum atomic E-state index is 10.2. The summed E-state index contributed by atoms with van der Waals surface area (Å²) < 4.78 is 40.3. The van der Waals surface area contributed by atoms with E-state index in [0.29, 0.717) is 0 Å². The molecule has 0 aliphatic carbocycles. The van der Waals surface area contributed by atoms with Crippen LogP contribution in [0.4, 0.5) is 0 Å². The smallest absolute Gasteiger partial charge is 0.168 e. The molecule has 0 aromatic rings. The lowest BCUT2D eigenvalue weighted by atomic mass is 11.3. The molecule has 0 heterocycles. The van der Waals surface area contributed by atoms with E-state index in [0.717, 1.165) is 6.26 Å². The van der Waals surface area contributed by atoms with Gasteiger partial charge in [0.2, 0.25) is 0 Å². The molecule has 0 aliphatic heterocycles. The molecule has 6 nitrogen and oxygen atoms in total. The van der Waals surface area contributed by atoms with Gasteiger partial charge in [-0.05, 0) is 12.2 Å². The molecule has 0 atom stereocenters. The maximum Gasteiger partial charge on any atom is 0.168 e. The minimum Gasteiger partial charge on any atom is -0.377 e. The summed E-state index contributed by atoms with van der Waals surface area (Å²) in [5.74, 6) is 0. The zero-order valence-corrected chi connectivity index (χ0v) is 14.1. The highest BCUT2D eigenvalue weighted by molar-refractivity contribution is 8.10. The van der Waals surface area contributed by atoms with Gasteiger partial charge in [-0.15, -0.1) is 0 Å². The fourth-order valence-electron chi connectivity index (χ4n) is 0.0408. The molecule has 0 spiro atoms. The molecular weight excluding hydrogens is 344 g/mol. The minimum atomic E-state index is -2.93. The van der Waals surface area contributed by atoms with E-state index in [1.807, 2.05) is 0 Å². The highest BCUT2D eigenvalue weighted by Crippen LogP contribution is 1.93. The molecule has 0 saturated carbocycles. The highest BCUT2D eigenvalue weighted by atomic mass is 32.3. The molecule has 0 amide bonds. The van der Waals surface area contributed by atoms with Crippen molar-refractivity contribution in [1.29, 1.82) is 0 Å². The first-order chi connectivity index (χ1) is 7.41. The maximum absolute atomic E-state index is 10.2. The van der Waals surface area contributed by atoms with Crippen molar-refractivity contribution >= 4 is 74.9 Å². The molecule has 0 radical (unpaired) electrons. The van der Waals surface area contributed by atoms with E-state index in [-0.39, 0.29) is 20.4 Å². The Hall–Kier alpha value is 0.640. The predicted octanol–water partition coefficient (Wildman–Crippen LogP) is -0.717. The van der Waals surface area contributed by atoms with E-state index in [1.165, 1.54) is 0 Å². The molecule has 0 rings (SSSR count). The van der Waals surface area contributed by atoms with Gasteiger partial charge in [-0.1, -0.05) is 0 Å². The van der Waals surface area contributed by atoms with Crippen LogP contribution in [-0.4, -0.2) is 43.5 Å². The van der Waals surface area contributed by atoms with Crippen molar-refractivity contribution in [2.24, 2.45) is 11.5 Å². The number of thiocarbonyl (C=S) groups is 1. The van der Waals surface area contributed by atoms with Crippen LogP contribution >= 0.6 is 50.1 Å². The lowest BCUT2D eigenvalue weighted by molar-refractivity contribution is 0.604. The number of rotatable bonds is 3. The van der Waals surface area contributed by atoms with Crippen LogP contribution in [-0.2, 0) is 19.7 Å². The molecule has 0 aromatic carbocycles. The van der Waals surface area contributed by atoms with Crippen LogP contribution in [0.25, 0.3) is 0 Å². The van der Waals surface area contributed by atoms with Gasteiger partial charge in [-0.2, -0.15) is 37.9 Å². The minimum absolute atomic E-state index is 0.000000000000000222. The number of nitrogens with two attached hydrogens (primary N) is 2. The first-order valence-electron chi connectivity index (χ1n) is 3.67. The van der Waals surface area contributed by atoms with Crippen molar-refractivity contribution in [3.05, 3.63) is 0 Å². The predicted molar refractivity (Wildman–Crippen MR) is 86.3 cm³/mol. The average Bonchev–Trinajstić information content (AvgIpc) is 2.17. The number of thiol groups is 3. The van der Waals surface area contributed by atoms with Crippen molar-refractivity contribution in [3.63, 3.8) is 0 Å². The Bertz CT molecular complexity index is 375. The van der Waals surface area contributed by atoms with E-state index in [9.17, 15) is 16.8 Å². The van der Waals surface area contributed by atoms with Crippen LogP contribution in [0.1, 0.15) is 0 Å². The fourth-order valence-corrected chi connectivity index (χ4v) is 1.10. The van der Waals surface area contributed by atoms with Gasteiger partial charge in [0.25, 0.3) is 0 Å². The van der Waals surface area contributed by atoms with Crippen LogP contribution in [0.15, 0.2) is 0 Å². The van der Waals surface area contributed by atoms with E-state index >= 15 is 0 Å². The van der Waals surface area contributed by atoms with Crippen molar-refractivity contribution in [3.8, 4) is 0 Å². The lowest BCUT2D eigenvalue weighted by Crippen LogP contribution is -2.18. The van der Waals surface area contributed by atoms with Crippen LogP contribution in [0.3, 0.4) is 0 Å². The van der Waals surface area contributed by atoms with E-state index in [1.54, 1.807) is 0 Å². The summed E-state index contributed by atoms with van der Waals surface area (Å²) in [6.45, 7) is 0. The van der Waals surface area contributed by atoms with Gasteiger partial charge >= 0.3 is 0 Å². The van der Waals surface area contributed by atoms with E-state index in [4.69, 9.17) is 0 Å². The summed E-state index contributed by atoms with van der Waals surface area (Å²) in [7, 11) is -5.73. The van der Waals surface area contributed by atoms with Crippen LogP contribution < -0.4 is 11.5 Å². The molecule has 0 aliphatic rings. The first-order valence-corrected chi connectivity index (χ1v) is 9.86. The number of hydrogen-bond acceptors (Lipinski definition) is 8. The Labute approximate surface area is 124 Å². The Balaban J connectivity index is -0.000000180. The third-order valence-electron chi connectivity index (χ3n) is 0.628. The third-order valence-corrected chi connectivity index (χ3v) is 5.65. The standard InChI is InChI=1S/C2H6O2S3.C2H6O2S2.CH4N2S/c3-7(4,1-5)2-6;1-6(3,4)2-5;2-1(3)4/h5-6H,1-2H2;5H,2H2,1H3;(H4,2,3,4). The number of hydrogen-bond donors (Lipinski definition) is 5. The molecule has 0 aromatic heterocycles. The van der Waals surface area contributed by atoms with Crippen molar-refractivity contribution in [2.45, 2.75) is 0 Å². The molecule has 0 fully saturated rings. The van der Waals surface area contributed by atoms with Crippen LogP contribution in [0, 0.1) is 0 Å². The van der Waals surface area contributed by atoms with Crippen molar-refractivity contribution < 1.29 is 16.8 Å². The van der Waals surface area contributed by atoms with Gasteiger partial charge in [0.15, 0.2) is 24.8 Å². The van der Waals surface area contributed by atoms with Gasteiger partial charge < -0.3 is 11.5 Å². The molecule has 0 saturated heterocycles. The Morgan fingerprint density at radius 2 is 1.18 bits per heavy atom. The summed E-state index contributed by atoms with van der Waals surface area (Å²) in [5, 5.41) is -0.292. The van der Waals surface area contributed by atoms with Gasteiger partial charge in [0.1, 0.15) is 0 Å². The average molecular weight is 361 g/mol. The Morgan fingerprint density at radius 3 is 1.18 bits per heavy atom. The summed E-state index contributed by atoms with van der Waals surface area (Å²) in [6, 6.07) is 0. The zero-order valence-electron chi connectivity index (χ0n) is 8.98. The van der Waals surface area contributed by atoms with Gasteiger partial charge in [-0.3, -0.25) is 0 Å². The Morgan fingerprint density at radius 1 is 1.00 bits per heavy atom. The lowest BCUT2D eigenvalue weighted by Gasteiger charge is -1.88. The quantitative estimate of drug-likeness (QED) is 0.333. The molecular formula is C5H16N2O4S6. The fraction of sp³-hybridized carbons (Fsp3) is 0.800. The van der Waals surface area contributed by atoms with Gasteiger partial charge in [-0.25, -0.2) is 16.8 Å². The largest absolute Gasteiger partial charge is 0.377 e. The topological polar surface area (TPSA) is 120 Å². The highest BCUT2D eigenvalue weighted by Gasteiger charge is 2.00. The molecule has 12 heteroatoms. The molecule has 17 heavy (non-hydrogen) atoms. The molecule has 4 N–H and O–H groups in total. The normalized spacial score (nSPS) is 10.4. The second-order valence-corrected chi connectivity index (χ2v) is 9.37. The second-order valence-electron chi connectivity index (χ2n) is 2.46. The first kappa shape index (κ1) is 22.8. The molecule has 0 unspecified atom stereocenters. The van der Waals surface area contributed by atoms with Crippen LogP contribution in [0.5, 0.6) is 0 Å². The Kier molecular flexibility index (Phi) is 15.7. The third kappa shape index (κ3) is 38.4. The monoisotopic (exact) mass is 360 g/mol. The second kappa shape index (κ2) is 11.7. The summed E-state index contributed by atoms with van der Waals surface area (Å²) in [5.41, 5.74) is 9.24. The molecule has 106 valence electrons. The summed E-state index contributed by atoms with van der Waals surface area (Å²) in [6.07, 6.45) is 1.14. The SMILES string of the molecule is CS(=O)(=O)CS.NC(N)=S.O=S(=O)(CS)CS. The molecule has 0 bridgehead atoms. The summed E-state index contributed by atoms with van der Waals surface area (Å²) >= 11 is 14.7. The van der Waals surface area contributed by atoms with Crippen molar-refractivity contribution in [2.75, 3.05) is 21.5 Å². The number of sulfone groups is 2. The summed E-state index contributed by atoms with van der Waals surface area (Å²) in [4.78, 5) is 0. The van der Waals surface area contributed by atoms with Crippen LogP contribution in [0.2, 0.25) is 0 Å². The zero-order chi connectivity index (χ0) is 14.7. The van der Waals surface area contributed by atoms with Gasteiger partial charge in [0.05, 0.1) is 15.3 Å².